The van der Waals surface area contributed by atoms with Crippen molar-refractivity contribution in [1.82, 2.24) is 20.4 Å². The first-order chi connectivity index (χ1) is 17.0. The maximum absolute atomic E-state index is 12.8. The lowest BCUT2D eigenvalue weighted by atomic mass is 9.99. The van der Waals surface area contributed by atoms with E-state index in [1.165, 1.54) is 29.2 Å². The summed E-state index contributed by atoms with van der Waals surface area (Å²) < 4.78 is 10.8. The fraction of sp³-hybridized carbons (Fsp3) is 0.348. The molecule has 36 heavy (non-hydrogen) atoms. The molecule has 188 valence electrons. The lowest BCUT2D eigenvalue weighted by molar-refractivity contribution is -0.385. The van der Waals surface area contributed by atoms with E-state index in [9.17, 15) is 25.0 Å². The Bertz CT molecular complexity index is 1320. The highest BCUT2D eigenvalue weighted by Crippen LogP contribution is 2.35. The number of piperazine rings is 1. The van der Waals surface area contributed by atoms with E-state index in [2.05, 4.69) is 15.5 Å². The van der Waals surface area contributed by atoms with E-state index in [0.29, 0.717) is 36.3 Å². The van der Waals surface area contributed by atoms with E-state index >= 15 is 0 Å². The van der Waals surface area contributed by atoms with Gasteiger partial charge < -0.3 is 14.6 Å². The largest absolute Gasteiger partial charge is 0.444 e. The Kier molecular flexibility index (Phi) is 6.66. The zero-order chi connectivity index (χ0) is 26.0. The minimum absolute atomic E-state index is 0.0110. The van der Waals surface area contributed by atoms with E-state index < -0.39 is 27.6 Å². The normalized spacial score (nSPS) is 16.0. The summed E-state index contributed by atoms with van der Waals surface area (Å²) in [4.78, 5) is 40.5. The van der Waals surface area contributed by atoms with Crippen LogP contribution in [0, 0.1) is 20.2 Å². The van der Waals surface area contributed by atoms with E-state index in [4.69, 9.17) is 9.26 Å². The maximum atomic E-state index is 12.8. The second-order valence-corrected chi connectivity index (χ2v) is 9.15. The van der Waals surface area contributed by atoms with Crippen molar-refractivity contribution < 1.29 is 23.9 Å². The number of rotatable bonds is 5. The number of hydrogen-bond acceptors (Lipinski definition) is 10. The van der Waals surface area contributed by atoms with Gasteiger partial charge in [-0.25, -0.2) is 4.79 Å². The Morgan fingerprint density at radius 1 is 1.14 bits per heavy atom. The predicted molar refractivity (Wildman–Crippen MR) is 127 cm³/mol. The molecular formula is C23H24N6O7. The standard InChI is InChI=1S/C23H24N6O7/c1-23(2,3)35-22(30)27-10-9-24-13-19(27)17-8-7-15(12-18(17)29(33)34)21-25-20(26-36-21)14-5-4-6-16(11-14)28(31)32/h4-8,11-12,19,24H,9-10,13H2,1-3H3. The van der Waals surface area contributed by atoms with Gasteiger partial charge >= 0.3 is 6.09 Å². The van der Waals surface area contributed by atoms with Gasteiger partial charge in [-0.3, -0.25) is 25.1 Å². The molecule has 1 aliphatic rings. The van der Waals surface area contributed by atoms with Crippen LogP contribution in [0.4, 0.5) is 16.2 Å². The van der Waals surface area contributed by atoms with Crippen molar-refractivity contribution in [2.45, 2.75) is 32.4 Å². The van der Waals surface area contributed by atoms with Crippen molar-refractivity contribution >= 4 is 17.5 Å². The molecule has 13 nitrogen and oxygen atoms in total. The summed E-state index contributed by atoms with van der Waals surface area (Å²) in [6.07, 6.45) is -0.550. The Morgan fingerprint density at radius 2 is 1.92 bits per heavy atom. The molecule has 0 saturated carbocycles. The number of ether oxygens (including phenoxy) is 1. The third kappa shape index (κ3) is 5.30. The topological polar surface area (TPSA) is 167 Å². The van der Waals surface area contributed by atoms with Crippen molar-refractivity contribution in [2.24, 2.45) is 0 Å². The number of nitro benzene ring substituents is 2. The molecule has 1 aromatic heterocycles. The Hall–Kier alpha value is -4.39. The van der Waals surface area contributed by atoms with Crippen molar-refractivity contribution in [3.8, 4) is 22.8 Å². The maximum Gasteiger partial charge on any atom is 0.410 e. The lowest BCUT2D eigenvalue weighted by Gasteiger charge is -2.37. The summed E-state index contributed by atoms with van der Waals surface area (Å²) in [7, 11) is 0. The molecule has 1 saturated heterocycles. The molecule has 1 amide bonds. The molecule has 0 spiro atoms. The molecular weight excluding hydrogens is 472 g/mol. The Morgan fingerprint density at radius 3 is 2.61 bits per heavy atom. The van der Waals surface area contributed by atoms with Crippen LogP contribution in [0.1, 0.15) is 32.4 Å². The average molecular weight is 496 g/mol. The zero-order valence-electron chi connectivity index (χ0n) is 19.8. The summed E-state index contributed by atoms with van der Waals surface area (Å²) in [5, 5.41) is 30.1. The minimum Gasteiger partial charge on any atom is -0.444 e. The number of amides is 1. The van der Waals surface area contributed by atoms with Crippen LogP contribution in [-0.4, -0.2) is 56.2 Å². The van der Waals surface area contributed by atoms with Gasteiger partial charge in [-0.15, -0.1) is 0 Å². The highest BCUT2D eigenvalue weighted by atomic mass is 16.6. The number of non-ortho nitro benzene ring substituents is 1. The molecule has 1 atom stereocenters. The van der Waals surface area contributed by atoms with E-state index in [1.54, 1.807) is 39.0 Å². The number of nitrogens with zero attached hydrogens (tertiary/aromatic N) is 5. The molecule has 0 bridgehead atoms. The van der Waals surface area contributed by atoms with E-state index in [1.807, 2.05) is 0 Å². The number of carbonyl (C=O) groups is 1. The predicted octanol–water partition coefficient (Wildman–Crippen LogP) is 4.10. The summed E-state index contributed by atoms with van der Waals surface area (Å²) in [6.45, 7) is 6.44. The number of benzene rings is 2. The molecule has 1 N–H and O–H groups in total. The smallest absolute Gasteiger partial charge is 0.410 e. The highest BCUT2D eigenvalue weighted by Gasteiger charge is 2.35. The molecule has 3 aromatic rings. The zero-order valence-corrected chi connectivity index (χ0v) is 19.8. The number of aromatic nitrogens is 2. The summed E-state index contributed by atoms with van der Waals surface area (Å²) in [6, 6.07) is 9.57. The van der Waals surface area contributed by atoms with Gasteiger partial charge in [0.05, 0.1) is 21.5 Å². The molecule has 2 heterocycles. The monoisotopic (exact) mass is 496 g/mol. The van der Waals surface area contributed by atoms with Crippen molar-refractivity contribution in [2.75, 3.05) is 19.6 Å². The van der Waals surface area contributed by atoms with Crippen LogP contribution in [0.3, 0.4) is 0 Å². The Balaban J connectivity index is 1.66. The van der Waals surface area contributed by atoms with Crippen LogP contribution >= 0.6 is 0 Å². The van der Waals surface area contributed by atoms with E-state index in [-0.39, 0.29) is 23.1 Å². The highest BCUT2D eigenvalue weighted by molar-refractivity contribution is 5.70. The van der Waals surface area contributed by atoms with Gasteiger partial charge in [0, 0.05) is 49.0 Å². The first-order valence-corrected chi connectivity index (χ1v) is 11.1. The third-order valence-corrected chi connectivity index (χ3v) is 5.45. The van der Waals surface area contributed by atoms with Gasteiger partial charge in [-0.05, 0) is 32.9 Å². The van der Waals surface area contributed by atoms with Gasteiger partial charge in [0.2, 0.25) is 5.82 Å². The molecule has 0 radical (unpaired) electrons. The average Bonchev–Trinajstić information content (AvgIpc) is 3.33. The SMILES string of the molecule is CC(C)(C)OC(=O)N1CCNCC1c1ccc(-c2nc(-c3cccc([N+](=O)[O-])c3)no2)cc1[N+](=O)[O-]. The quantitative estimate of drug-likeness (QED) is 0.401. The number of nitro groups is 2. The van der Waals surface area contributed by atoms with Crippen LogP contribution in [0.25, 0.3) is 22.8 Å². The summed E-state index contributed by atoms with van der Waals surface area (Å²) in [5.74, 6) is 0.116. The van der Waals surface area contributed by atoms with Crippen LogP contribution in [0.2, 0.25) is 0 Å². The fourth-order valence-corrected chi connectivity index (χ4v) is 3.85. The lowest BCUT2D eigenvalue weighted by Crippen LogP contribution is -2.50. The summed E-state index contributed by atoms with van der Waals surface area (Å²) in [5.41, 5.74) is -0.0645. The number of carbonyl (C=O) groups excluding carboxylic acids is 1. The third-order valence-electron chi connectivity index (χ3n) is 5.45. The van der Waals surface area contributed by atoms with Gasteiger partial charge in [0.1, 0.15) is 5.60 Å². The Labute approximate surface area is 205 Å². The van der Waals surface area contributed by atoms with Crippen LogP contribution in [-0.2, 0) is 4.74 Å². The number of nitrogens with one attached hydrogen (secondary N) is 1. The molecule has 4 rings (SSSR count). The molecule has 13 heteroatoms. The molecule has 2 aromatic carbocycles. The molecule has 1 unspecified atom stereocenters. The van der Waals surface area contributed by atoms with Crippen molar-refractivity contribution in [3.63, 3.8) is 0 Å². The van der Waals surface area contributed by atoms with E-state index in [0.717, 1.165) is 0 Å². The fourth-order valence-electron chi connectivity index (χ4n) is 3.85. The molecule has 1 fully saturated rings. The minimum atomic E-state index is -0.711. The first-order valence-electron chi connectivity index (χ1n) is 11.1. The second kappa shape index (κ2) is 9.70. The van der Waals surface area contributed by atoms with Gasteiger partial charge in [0.15, 0.2) is 0 Å². The van der Waals surface area contributed by atoms with Crippen LogP contribution in [0.15, 0.2) is 47.0 Å². The molecule has 0 aliphatic carbocycles. The summed E-state index contributed by atoms with van der Waals surface area (Å²) >= 11 is 0. The van der Waals surface area contributed by atoms with Crippen LogP contribution in [0.5, 0.6) is 0 Å². The van der Waals surface area contributed by atoms with Crippen LogP contribution < -0.4 is 5.32 Å². The van der Waals surface area contributed by atoms with Gasteiger partial charge in [-0.2, -0.15) is 4.98 Å². The van der Waals surface area contributed by atoms with Gasteiger partial charge in [0.25, 0.3) is 17.3 Å². The van der Waals surface area contributed by atoms with Gasteiger partial charge in [-0.1, -0.05) is 17.3 Å². The molecule has 1 aliphatic heterocycles. The second-order valence-electron chi connectivity index (χ2n) is 9.15. The van der Waals surface area contributed by atoms with Crippen molar-refractivity contribution in [1.29, 1.82) is 0 Å². The first kappa shape index (κ1) is 24.7. The number of hydrogen-bond donors (Lipinski definition) is 1. The van der Waals surface area contributed by atoms with Crippen molar-refractivity contribution in [3.05, 3.63) is 68.3 Å².